The molecule has 3 heterocycles. The van der Waals surface area contributed by atoms with Crippen molar-refractivity contribution in [3.8, 4) is 16.9 Å². The number of anilines is 1. The lowest BCUT2D eigenvalue weighted by Crippen LogP contribution is -2.25. The third-order valence-electron chi connectivity index (χ3n) is 5.28. The summed E-state index contributed by atoms with van der Waals surface area (Å²) in [6.07, 6.45) is 8.39. The Labute approximate surface area is 169 Å². The second-order valence-electron chi connectivity index (χ2n) is 7.46. The Morgan fingerprint density at radius 3 is 2.86 bits per heavy atom. The van der Waals surface area contributed by atoms with Crippen LogP contribution in [0, 0.1) is 0 Å². The van der Waals surface area contributed by atoms with E-state index in [1.165, 1.54) is 0 Å². The fraction of sp³-hybridized carbons (Fsp3) is 0.261. The number of fused-ring (bicyclic) bond motifs is 1. The summed E-state index contributed by atoms with van der Waals surface area (Å²) in [4.78, 5) is 21.0. The SMILES string of the molecule is O=C(NC1CC1)c1cccc(CNc2ncc(-c3ccncc3)c3c2CCO3)c1. The summed E-state index contributed by atoms with van der Waals surface area (Å²) in [7, 11) is 0. The van der Waals surface area contributed by atoms with Crippen LogP contribution < -0.4 is 15.4 Å². The van der Waals surface area contributed by atoms with Crippen molar-refractivity contribution in [3.63, 3.8) is 0 Å². The van der Waals surface area contributed by atoms with Crippen LogP contribution in [0.3, 0.4) is 0 Å². The van der Waals surface area contributed by atoms with E-state index in [4.69, 9.17) is 4.74 Å². The number of ether oxygens (including phenoxy) is 1. The van der Waals surface area contributed by atoms with E-state index in [0.717, 1.165) is 53.1 Å². The minimum absolute atomic E-state index is 0.00321. The van der Waals surface area contributed by atoms with Crippen molar-refractivity contribution < 1.29 is 9.53 Å². The molecule has 0 bridgehead atoms. The maximum Gasteiger partial charge on any atom is 0.251 e. The molecule has 6 heteroatoms. The first-order valence-corrected chi connectivity index (χ1v) is 9.97. The van der Waals surface area contributed by atoms with Crippen LogP contribution in [0.5, 0.6) is 5.75 Å². The summed E-state index contributed by atoms with van der Waals surface area (Å²) in [6.45, 7) is 1.25. The monoisotopic (exact) mass is 386 g/mol. The zero-order chi connectivity index (χ0) is 19.6. The molecule has 1 aliphatic heterocycles. The summed E-state index contributed by atoms with van der Waals surface area (Å²) < 4.78 is 5.92. The molecule has 2 aliphatic rings. The number of amides is 1. The smallest absolute Gasteiger partial charge is 0.251 e. The van der Waals surface area contributed by atoms with Gasteiger partial charge in [-0.3, -0.25) is 9.78 Å². The van der Waals surface area contributed by atoms with Crippen molar-refractivity contribution in [1.82, 2.24) is 15.3 Å². The Morgan fingerprint density at radius 2 is 2.03 bits per heavy atom. The van der Waals surface area contributed by atoms with E-state index in [1.807, 2.05) is 42.6 Å². The van der Waals surface area contributed by atoms with Gasteiger partial charge in [0.1, 0.15) is 11.6 Å². The topological polar surface area (TPSA) is 76.1 Å². The van der Waals surface area contributed by atoms with Gasteiger partial charge in [-0.2, -0.15) is 0 Å². The Kier molecular flexibility index (Phi) is 4.60. The zero-order valence-electron chi connectivity index (χ0n) is 16.0. The van der Waals surface area contributed by atoms with Crippen LogP contribution in [0.2, 0.25) is 0 Å². The lowest BCUT2D eigenvalue weighted by Gasteiger charge is -2.13. The van der Waals surface area contributed by atoms with E-state index in [0.29, 0.717) is 24.8 Å². The van der Waals surface area contributed by atoms with Crippen molar-refractivity contribution in [3.05, 3.63) is 71.7 Å². The molecule has 0 saturated heterocycles. The maximum absolute atomic E-state index is 12.3. The highest BCUT2D eigenvalue weighted by atomic mass is 16.5. The molecule has 0 spiro atoms. The first kappa shape index (κ1) is 17.7. The molecule has 1 amide bonds. The second kappa shape index (κ2) is 7.54. The number of hydrogen-bond acceptors (Lipinski definition) is 5. The van der Waals surface area contributed by atoms with Gasteiger partial charge in [0, 0.05) is 54.3 Å². The minimum Gasteiger partial charge on any atom is -0.492 e. The van der Waals surface area contributed by atoms with Gasteiger partial charge in [0.25, 0.3) is 5.91 Å². The Balaban J connectivity index is 1.34. The van der Waals surface area contributed by atoms with E-state index in [1.54, 1.807) is 12.4 Å². The summed E-state index contributed by atoms with van der Waals surface area (Å²) in [6, 6.07) is 12.0. The predicted molar refractivity (Wildman–Crippen MR) is 111 cm³/mol. The molecular weight excluding hydrogens is 364 g/mol. The van der Waals surface area contributed by atoms with Crippen LogP contribution in [-0.2, 0) is 13.0 Å². The van der Waals surface area contributed by atoms with Crippen LogP contribution in [0.4, 0.5) is 5.82 Å². The third kappa shape index (κ3) is 3.78. The van der Waals surface area contributed by atoms with Crippen molar-refractivity contribution >= 4 is 11.7 Å². The number of nitrogens with zero attached hydrogens (tertiary/aromatic N) is 2. The van der Waals surface area contributed by atoms with E-state index < -0.39 is 0 Å². The van der Waals surface area contributed by atoms with Gasteiger partial charge in [0.05, 0.1) is 6.61 Å². The minimum atomic E-state index is 0.00321. The van der Waals surface area contributed by atoms with E-state index in [2.05, 4.69) is 20.6 Å². The summed E-state index contributed by atoms with van der Waals surface area (Å²) in [5.74, 6) is 1.73. The number of carbonyl (C=O) groups is 1. The molecule has 0 atom stereocenters. The highest BCUT2D eigenvalue weighted by Crippen LogP contribution is 2.39. The van der Waals surface area contributed by atoms with Crippen LogP contribution in [-0.4, -0.2) is 28.5 Å². The average Bonchev–Trinajstić information content (AvgIpc) is 3.44. The highest BCUT2D eigenvalue weighted by Gasteiger charge is 2.24. The molecule has 2 N–H and O–H groups in total. The number of hydrogen-bond donors (Lipinski definition) is 2. The largest absolute Gasteiger partial charge is 0.492 e. The number of aromatic nitrogens is 2. The number of pyridine rings is 2. The van der Waals surface area contributed by atoms with Gasteiger partial charge in [-0.15, -0.1) is 0 Å². The van der Waals surface area contributed by atoms with E-state index in [9.17, 15) is 4.79 Å². The normalized spacial score (nSPS) is 14.8. The van der Waals surface area contributed by atoms with Crippen LogP contribution in [0.15, 0.2) is 55.0 Å². The molecule has 3 aromatic rings. The fourth-order valence-corrected chi connectivity index (χ4v) is 3.58. The van der Waals surface area contributed by atoms with Gasteiger partial charge in [-0.1, -0.05) is 12.1 Å². The number of rotatable bonds is 6. The molecule has 0 unspecified atom stereocenters. The van der Waals surface area contributed by atoms with Gasteiger partial charge >= 0.3 is 0 Å². The molecule has 6 nitrogen and oxygen atoms in total. The molecule has 1 aromatic carbocycles. The molecule has 0 radical (unpaired) electrons. The average molecular weight is 386 g/mol. The first-order valence-electron chi connectivity index (χ1n) is 9.97. The molecule has 29 heavy (non-hydrogen) atoms. The zero-order valence-corrected chi connectivity index (χ0v) is 16.0. The Morgan fingerprint density at radius 1 is 1.17 bits per heavy atom. The van der Waals surface area contributed by atoms with Gasteiger partial charge in [0.15, 0.2) is 0 Å². The van der Waals surface area contributed by atoms with Gasteiger partial charge in [-0.05, 0) is 48.2 Å². The third-order valence-corrected chi connectivity index (χ3v) is 5.28. The molecule has 1 aliphatic carbocycles. The standard InChI is InChI=1S/C23H22N4O2/c28-23(27-18-4-5-18)17-3-1-2-15(12-17)13-25-22-19-8-11-29-21(19)20(14-26-22)16-6-9-24-10-7-16/h1-3,6-7,9-10,12,14,18H,4-5,8,11,13H2,(H,25,26)(H,27,28). The van der Waals surface area contributed by atoms with Crippen LogP contribution >= 0.6 is 0 Å². The maximum atomic E-state index is 12.3. The van der Waals surface area contributed by atoms with E-state index >= 15 is 0 Å². The molecular formula is C23H22N4O2. The summed E-state index contributed by atoms with van der Waals surface area (Å²) >= 11 is 0. The lowest BCUT2D eigenvalue weighted by atomic mass is 10.0. The van der Waals surface area contributed by atoms with Crippen LogP contribution in [0.1, 0.15) is 34.3 Å². The lowest BCUT2D eigenvalue weighted by molar-refractivity contribution is 0.0951. The second-order valence-corrected chi connectivity index (χ2v) is 7.46. The van der Waals surface area contributed by atoms with Crippen LogP contribution in [0.25, 0.3) is 11.1 Å². The van der Waals surface area contributed by atoms with Crippen molar-refractivity contribution in [2.45, 2.75) is 31.8 Å². The van der Waals surface area contributed by atoms with Crippen molar-refractivity contribution in [1.29, 1.82) is 0 Å². The summed E-state index contributed by atoms with van der Waals surface area (Å²) in [5.41, 5.74) is 4.88. The Hall–Kier alpha value is -3.41. The van der Waals surface area contributed by atoms with Gasteiger partial charge in [-0.25, -0.2) is 4.98 Å². The molecule has 5 rings (SSSR count). The first-order chi connectivity index (χ1) is 14.3. The van der Waals surface area contributed by atoms with E-state index in [-0.39, 0.29) is 5.91 Å². The Bertz CT molecular complexity index is 1050. The van der Waals surface area contributed by atoms with Crippen molar-refractivity contribution in [2.24, 2.45) is 0 Å². The van der Waals surface area contributed by atoms with Crippen molar-refractivity contribution in [2.75, 3.05) is 11.9 Å². The number of carbonyl (C=O) groups excluding carboxylic acids is 1. The predicted octanol–water partition coefficient (Wildman–Crippen LogP) is 3.58. The molecule has 1 fully saturated rings. The molecule has 2 aromatic heterocycles. The molecule has 1 saturated carbocycles. The van der Waals surface area contributed by atoms with Gasteiger partial charge in [0.2, 0.25) is 0 Å². The summed E-state index contributed by atoms with van der Waals surface area (Å²) in [5, 5.41) is 6.46. The number of nitrogens with one attached hydrogen (secondary N) is 2. The highest BCUT2D eigenvalue weighted by molar-refractivity contribution is 5.94. The van der Waals surface area contributed by atoms with Gasteiger partial charge < -0.3 is 15.4 Å². The molecule has 146 valence electrons. The fourth-order valence-electron chi connectivity index (χ4n) is 3.58. The number of benzene rings is 1. The quantitative estimate of drug-likeness (QED) is 0.677.